The van der Waals surface area contributed by atoms with E-state index < -0.39 is 28.2 Å². The molecule has 1 aromatic heterocycles. The number of hydrogen-bond donors (Lipinski definition) is 1. The van der Waals surface area contributed by atoms with Crippen LogP contribution in [0.1, 0.15) is 17.7 Å². The van der Waals surface area contributed by atoms with Gasteiger partial charge in [-0.1, -0.05) is 0 Å². The molecule has 5 nitrogen and oxygen atoms in total. The Kier molecular flexibility index (Phi) is 3.35. The molecule has 0 unspecified atom stereocenters. The predicted molar refractivity (Wildman–Crippen MR) is 48.2 cm³/mol. The second kappa shape index (κ2) is 4.35. The van der Waals surface area contributed by atoms with Gasteiger partial charge in [0.05, 0.1) is 10.8 Å². The topological polar surface area (TPSA) is 76.0 Å². The highest BCUT2D eigenvalue weighted by molar-refractivity contribution is 6.16. The maximum absolute atomic E-state index is 12.4. The summed E-state index contributed by atoms with van der Waals surface area (Å²) in [7, 11) is 0. The van der Waals surface area contributed by atoms with Crippen molar-refractivity contribution < 1.29 is 13.7 Å². The first-order valence-corrected chi connectivity index (χ1v) is 4.25. The van der Waals surface area contributed by atoms with Gasteiger partial charge >= 0.3 is 11.2 Å². The zero-order valence-electron chi connectivity index (χ0n) is 7.17. The molecule has 0 bridgehead atoms. The number of aromatic amines is 1. The summed E-state index contributed by atoms with van der Waals surface area (Å²) in [5.74, 6) is -0.201. The molecule has 0 radical (unpaired) electrons. The van der Waals surface area contributed by atoms with Crippen molar-refractivity contribution in [1.82, 2.24) is 4.98 Å². The Morgan fingerprint density at radius 2 is 2.20 bits per heavy atom. The molecular weight excluding hydrogens is 234 g/mol. The maximum atomic E-state index is 12.4. The normalized spacial score (nSPS) is 10.7. The molecule has 82 valence electrons. The standard InChI is InChI=1S/C7H5ClF2N2O3/c8-2-3-1-4(6(9)10)5(12(14)15)7(13)11-3/h1,6H,2H2,(H,11,13). The van der Waals surface area contributed by atoms with Gasteiger partial charge < -0.3 is 4.98 Å². The minimum absolute atomic E-state index is 0.0163. The highest BCUT2D eigenvalue weighted by atomic mass is 35.5. The van der Waals surface area contributed by atoms with Gasteiger partial charge in [-0.3, -0.25) is 14.9 Å². The molecule has 0 aliphatic heterocycles. The Bertz CT molecular complexity index is 446. The van der Waals surface area contributed by atoms with Crippen LogP contribution in [0.25, 0.3) is 0 Å². The minimum atomic E-state index is -3.09. The van der Waals surface area contributed by atoms with Crippen molar-refractivity contribution in [2.45, 2.75) is 12.3 Å². The summed E-state index contributed by atoms with van der Waals surface area (Å²) in [6.07, 6.45) is -3.09. The van der Waals surface area contributed by atoms with Crippen LogP contribution in [0.15, 0.2) is 10.9 Å². The lowest BCUT2D eigenvalue weighted by Gasteiger charge is -2.02. The van der Waals surface area contributed by atoms with Gasteiger partial charge in [0.1, 0.15) is 5.56 Å². The van der Waals surface area contributed by atoms with Crippen molar-refractivity contribution in [3.05, 3.63) is 37.8 Å². The van der Waals surface area contributed by atoms with E-state index in [9.17, 15) is 23.7 Å². The number of halogens is 3. The van der Waals surface area contributed by atoms with E-state index in [2.05, 4.69) is 0 Å². The van der Waals surface area contributed by atoms with Crippen LogP contribution in [0.3, 0.4) is 0 Å². The van der Waals surface area contributed by atoms with Crippen LogP contribution in [0.5, 0.6) is 0 Å². The quantitative estimate of drug-likeness (QED) is 0.497. The van der Waals surface area contributed by atoms with Crippen LogP contribution in [0.2, 0.25) is 0 Å². The van der Waals surface area contributed by atoms with Crippen LogP contribution in [0.4, 0.5) is 14.5 Å². The number of pyridine rings is 1. The van der Waals surface area contributed by atoms with E-state index in [4.69, 9.17) is 11.6 Å². The van der Waals surface area contributed by atoms with E-state index in [-0.39, 0.29) is 11.6 Å². The lowest BCUT2D eigenvalue weighted by molar-refractivity contribution is -0.387. The van der Waals surface area contributed by atoms with E-state index in [1.54, 1.807) is 0 Å². The Balaban J connectivity index is 3.50. The highest BCUT2D eigenvalue weighted by Crippen LogP contribution is 2.26. The van der Waals surface area contributed by atoms with Gasteiger partial charge in [-0.15, -0.1) is 11.6 Å². The van der Waals surface area contributed by atoms with E-state index in [0.717, 1.165) is 6.07 Å². The molecule has 0 atom stereocenters. The monoisotopic (exact) mass is 238 g/mol. The highest BCUT2D eigenvalue weighted by Gasteiger charge is 2.26. The third kappa shape index (κ3) is 2.30. The molecule has 1 N–H and O–H groups in total. The number of H-pyrrole nitrogens is 1. The predicted octanol–water partition coefficient (Wildman–Crippen LogP) is 1.96. The summed E-state index contributed by atoms with van der Waals surface area (Å²) in [6, 6.07) is 0.817. The average Bonchev–Trinajstić information content (AvgIpc) is 2.15. The first-order valence-electron chi connectivity index (χ1n) is 3.72. The van der Waals surface area contributed by atoms with Crippen molar-refractivity contribution in [3.8, 4) is 0 Å². The Hall–Kier alpha value is -1.50. The lowest BCUT2D eigenvalue weighted by Crippen LogP contribution is -2.16. The molecule has 0 fully saturated rings. The molecule has 15 heavy (non-hydrogen) atoms. The van der Waals surface area contributed by atoms with Crippen molar-refractivity contribution >= 4 is 17.3 Å². The first kappa shape index (κ1) is 11.6. The zero-order chi connectivity index (χ0) is 11.6. The van der Waals surface area contributed by atoms with Crippen LogP contribution >= 0.6 is 11.6 Å². The number of alkyl halides is 3. The summed E-state index contributed by atoms with van der Waals surface area (Å²) in [6.45, 7) is 0. The van der Waals surface area contributed by atoms with Crippen LogP contribution < -0.4 is 5.56 Å². The number of rotatable bonds is 3. The number of nitrogens with zero attached hydrogens (tertiary/aromatic N) is 1. The third-order valence-electron chi connectivity index (χ3n) is 1.65. The molecule has 1 heterocycles. The molecule has 0 aliphatic carbocycles. The molecule has 0 aliphatic rings. The summed E-state index contributed by atoms with van der Waals surface area (Å²) in [4.78, 5) is 22.3. The fraction of sp³-hybridized carbons (Fsp3) is 0.286. The zero-order valence-corrected chi connectivity index (χ0v) is 7.92. The maximum Gasteiger partial charge on any atom is 0.342 e. The fourth-order valence-corrected chi connectivity index (χ4v) is 1.20. The first-order chi connectivity index (χ1) is 6.97. The molecule has 0 saturated heterocycles. The van der Waals surface area contributed by atoms with Gasteiger partial charge in [-0.25, -0.2) is 8.78 Å². The van der Waals surface area contributed by atoms with Crippen molar-refractivity contribution in [2.75, 3.05) is 0 Å². The minimum Gasteiger partial charge on any atom is -0.319 e. The molecule has 8 heteroatoms. The average molecular weight is 239 g/mol. The van der Waals surface area contributed by atoms with Crippen LogP contribution in [-0.2, 0) is 5.88 Å². The van der Waals surface area contributed by atoms with E-state index in [0.29, 0.717) is 0 Å². The van der Waals surface area contributed by atoms with Crippen molar-refractivity contribution in [1.29, 1.82) is 0 Å². The van der Waals surface area contributed by atoms with Crippen LogP contribution in [0, 0.1) is 10.1 Å². The Labute approximate surface area is 86.8 Å². The molecule has 0 aromatic carbocycles. The summed E-state index contributed by atoms with van der Waals surface area (Å²) in [5, 5.41) is 10.4. The summed E-state index contributed by atoms with van der Waals surface area (Å²) in [5.41, 5.74) is -3.21. The molecule has 0 amide bonds. The van der Waals surface area contributed by atoms with Crippen molar-refractivity contribution in [2.24, 2.45) is 0 Å². The number of nitrogens with one attached hydrogen (secondary N) is 1. The second-order valence-corrected chi connectivity index (χ2v) is 2.89. The SMILES string of the molecule is O=c1[nH]c(CCl)cc(C(F)F)c1[N+](=O)[O-]. The lowest BCUT2D eigenvalue weighted by atomic mass is 10.2. The number of aromatic nitrogens is 1. The van der Waals surface area contributed by atoms with Crippen LogP contribution in [-0.4, -0.2) is 9.91 Å². The smallest absolute Gasteiger partial charge is 0.319 e. The Morgan fingerprint density at radius 1 is 1.60 bits per heavy atom. The largest absolute Gasteiger partial charge is 0.342 e. The third-order valence-corrected chi connectivity index (χ3v) is 1.94. The van der Waals surface area contributed by atoms with E-state index in [1.165, 1.54) is 0 Å². The second-order valence-electron chi connectivity index (χ2n) is 2.62. The van der Waals surface area contributed by atoms with Gasteiger partial charge in [-0.05, 0) is 6.07 Å². The van der Waals surface area contributed by atoms with Gasteiger partial charge in [0.15, 0.2) is 0 Å². The molecule has 0 spiro atoms. The number of nitro groups is 1. The summed E-state index contributed by atoms with van der Waals surface area (Å²) < 4.78 is 24.8. The fourth-order valence-electron chi connectivity index (χ4n) is 1.05. The Morgan fingerprint density at radius 3 is 2.60 bits per heavy atom. The molecule has 1 aromatic rings. The number of hydrogen-bond acceptors (Lipinski definition) is 3. The molecular formula is C7H5ClF2N2O3. The van der Waals surface area contributed by atoms with Gasteiger partial charge in [0.2, 0.25) is 0 Å². The molecule has 0 saturated carbocycles. The van der Waals surface area contributed by atoms with Gasteiger partial charge in [0, 0.05) is 5.69 Å². The van der Waals surface area contributed by atoms with E-state index >= 15 is 0 Å². The summed E-state index contributed by atoms with van der Waals surface area (Å²) >= 11 is 5.32. The molecule has 1 rings (SSSR count). The van der Waals surface area contributed by atoms with Gasteiger partial charge in [0.25, 0.3) is 6.43 Å². The van der Waals surface area contributed by atoms with Gasteiger partial charge in [-0.2, -0.15) is 0 Å². The van der Waals surface area contributed by atoms with Crippen molar-refractivity contribution in [3.63, 3.8) is 0 Å². The van der Waals surface area contributed by atoms with E-state index in [1.807, 2.05) is 4.98 Å².